The molecule has 1 atom stereocenters. The summed E-state index contributed by atoms with van der Waals surface area (Å²) in [7, 11) is 0. The Labute approximate surface area is 148 Å². The van der Waals surface area contributed by atoms with Gasteiger partial charge in [0.05, 0.1) is 11.2 Å². The van der Waals surface area contributed by atoms with Crippen molar-refractivity contribution in [2.45, 2.75) is 13.0 Å². The van der Waals surface area contributed by atoms with E-state index in [1.807, 2.05) is 18.2 Å². The second kappa shape index (κ2) is 7.16. The van der Waals surface area contributed by atoms with E-state index in [4.69, 9.17) is 9.97 Å². The zero-order valence-corrected chi connectivity index (χ0v) is 14.5. The molecule has 3 aromatic rings. The van der Waals surface area contributed by atoms with Gasteiger partial charge in [-0.25, -0.2) is 9.97 Å². The summed E-state index contributed by atoms with van der Waals surface area (Å²) in [6, 6.07) is 19.0. The van der Waals surface area contributed by atoms with E-state index in [9.17, 15) is 0 Å². The van der Waals surface area contributed by atoms with Crippen molar-refractivity contribution in [3.05, 3.63) is 54.6 Å². The van der Waals surface area contributed by atoms with Crippen molar-refractivity contribution in [2.24, 2.45) is 0 Å². The van der Waals surface area contributed by atoms with Crippen molar-refractivity contribution >= 4 is 29.3 Å². The molecule has 5 heteroatoms. The highest BCUT2D eigenvalue weighted by Crippen LogP contribution is 2.28. The predicted molar refractivity (Wildman–Crippen MR) is 102 cm³/mol. The summed E-state index contributed by atoms with van der Waals surface area (Å²) in [5.41, 5.74) is 3.15. The first kappa shape index (κ1) is 16.7. The lowest BCUT2D eigenvalue weighted by atomic mass is 10.1. The number of para-hydroxylation sites is 1. The summed E-state index contributed by atoms with van der Waals surface area (Å²) < 4.78 is 0. The largest absolute Gasteiger partial charge is 0.336 e. The van der Waals surface area contributed by atoms with Crippen LogP contribution in [0.1, 0.15) is 6.92 Å². The number of benzene rings is 2. The molecule has 0 amide bonds. The van der Waals surface area contributed by atoms with Crippen LogP contribution in [0.2, 0.25) is 0 Å². The zero-order valence-electron chi connectivity index (χ0n) is 13.6. The molecule has 0 saturated carbocycles. The highest BCUT2D eigenvalue weighted by molar-refractivity contribution is 5.93. The van der Waals surface area contributed by atoms with Crippen LogP contribution in [0.5, 0.6) is 0 Å². The van der Waals surface area contributed by atoms with E-state index < -0.39 is 0 Å². The van der Waals surface area contributed by atoms with Gasteiger partial charge in [0.25, 0.3) is 0 Å². The minimum atomic E-state index is 0. The van der Waals surface area contributed by atoms with Gasteiger partial charge < -0.3 is 10.2 Å². The number of halogens is 1. The lowest BCUT2D eigenvalue weighted by Crippen LogP contribution is -2.50. The van der Waals surface area contributed by atoms with E-state index in [1.165, 1.54) is 0 Å². The third-order valence-corrected chi connectivity index (χ3v) is 4.40. The van der Waals surface area contributed by atoms with Gasteiger partial charge >= 0.3 is 0 Å². The Morgan fingerprint density at radius 3 is 2.54 bits per heavy atom. The van der Waals surface area contributed by atoms with Crippen LogP contribution in [0.4, 0.5) is 5.95 Å². The fourth-order valence-corrected chi connectivity index (χ4v) is 3.15. The molecule has 0 spiro atoms. The molecule has 0 radical (unpaired) electrons. The quantitative estimate of drug-likeness (QED) is 0.775. The fraction of sp³-hybridized carbons (Fsp3) is 0.263. The topological polar surface area (TPSA) is 41.0 Å². The van der Waals surface area contributed by atoms with Crippen LogP contribution >= 0.6 is 12.4 Å². The molecule has 2 aromatic carbocycles. The van der Waals surface area contributed by atoms with Crippen molar-refractivity contribution < 1.29 is 0 Å². The lowest BCUT2D eigenvalue weighted by molar-refractivity contribution is 0.493. The molecule has 4 rings (SSSR count). The second-order valence-corrected chi connectivity index (χ2v) is 6.00. The van der Waals surface area contributed by atoms with E-state index in [0.29, 0.717) is 6.04 Å². The Morgan fingerprint density at radius 1 is 1.00 bits per heavy atom. The van der Waals surface area contributed by atoms with Gasteiger partial charge in [0, 0.05) is 36.6 Å². The molecule has 1 unspecified atom stereocenters. The molecule has 1 fully saturated rings. The minimum Gasteiger partial charge on any atom is -0.336 e. The molecule has 1 saturated heterocycles. The van der Waals surface area contributed by atoms with Crippen molar-refractivity contribution in [1.29, 1.82) is 0 Å². The number of nitrogens with zero attached hydrogens (tertiary/aromatic N) is 3. The van der Waals surface area contributed by atoms with Crippen molar-refractivity contribution in [1.82, 2.24) is 15.3 Å². The highest BCUT2D eigenvalue weighted by atomic mass is 35.5. The van der Waals surface area contributed by atoms with Gasteiger partial charge in [0.1, 0.15) is 0 Å². The average molecular weight is 341 g/mol. The zero-order chi connectivity index (χ0) is 15.6. The molecule has 0 bridgehead atoms. The fourth-order valence-electron chi connectivity index (χ4n) is 3.15. The normalized spacial score (nSPS) is 17.5. The van der Waals surface area contributed by atoms with Gasteiger partial charge in [-0.1, -0.05) is 48.5 Å². The SMILES string of the molecule is CC1CNCCN1c1nc(-c2ccccc2)c2ccccc2n1.Cl. The van der Waals surface area contributed by atoms with Gasteiger partial charge in [0.15, 0.2) is 0 Å². The molecule has 1 aromatic heterocycles. The maximum Gasteiger partial charge on any atom is 0.226 e. The van der Waals surface area contributed by atoms with E-state index in [1.54, 1.807) is 0 Å². The Morgan fingerprint density at radius 2 is 1.75 bits per heavy atom. The van der Waals surface area contributed by atoms with Gasteiger partial charge in [0.2, 0.25) is 5.95 Å². The number of nitrogens with one attached hydrogen (secondary N) is 1. The molecule has 1 aliphatic rings. The average Bonchev–Trinajstić information content (AvgIpc) is 2.62. The number of piperazine rings is 1. The second-order valence-electron chi connectivity index (χ2n) is 6.00. The number of aromatic nitrogens is 2. The van der Waals surface area contributed by atoms with E-state index >= 15 is 0 Å². The van der Waals surface area contributed by atoms with Crippen molar-refractivity contribution in [2.75, 3.05) is 24.5 Å². The molecule has 1 aliphatic heterocycles. The van der Waals surface area contributed by atoms with E-state index in [-0.39, 0.29) is 12.4 Å². The van der Waals surface area contributed by atoms with Crippen LogP contribution in [0, 0.1) is 0 Å². The number of fused-ring (bicyclic) bond motifs is 1. The van der Waals surface area contributed by atoms with Gasteiger partial charge in [-0.05, 0) is 13.0 Å². The van der Waals surface area contributed by atoms with Crippen LogP contribution in [-0.4, -0.2) is 35.6 Å². The molecule has 2 heterocycles. The summed E-state index contributed by atoms with van der Waals surface area (Å²) in [6.45, 7) is 5.10. The van der Waals surface area contributed by atoms with Gasteiger partial charge in [-0.2, -0.15) is 0 Å². The molecule has 1 N–H and O–H groups in total. The van der Waals surface area contributed by atoms with E-state index in [0.717, 1.165) is 47.7 Å². The standard InChI is InChI=1S/C19H20N4.ClH/c1-14-13-20-11-12-23(14)19-21-17-10-6-5-9-16(17)18(22-19)15-7-3-2-4-8-15;/h2-10,14,20H,11-13H2,1H3;1H. The number of hydrogen-bond acceptors (Lipinski definition) is 4. The molecule has 124 valence electrons. The van der Waals surface area contributed by atoms with Crippen molar-refractivity contribution in [3.63, 3.8) is 0 Å². The third kappa shape index (κ3) is 3.07. The molecule has 0 aliphatic carbocycles. The van der Waals surface area contributed by atoms with Gasteiger partial charge in [-0.15, -0.1) is 12.4 Å². The maximum atomic E-state index is 4.93. The van der Waals surface area contributed by atoms with Gasteiger partial charge in [-0.3, -0.25) is 0 Å². The first-order valence-electron chi connectivity index (χ1n) is 8.12. The smallest absolute Gasteiger partial charge is 0.226 e. The number of rotatable bonds is 2. The first-order chi connectivity index (χ1) is 11.3. The maximum absolute atomic E-state index is 4.93. The monoisotopic (exact) mass is 340 g/mol. The Kier molecular flexibility index (Phi) is 4.97. The van der Waals surface area contributed by atoms with Crippen LogP contribution in [-0.2, 0) is 0 Å². The molecule has 4 nitrogen and oxygen atoms in total. The minimum absolute atomic E-state index is 0. The Hall–Kier alpha value is -2.17. The predicted octanol–water partition coefficient (Wildman–Crippen LogP) is 3.52. The lowest BCUT2D eigenvalue weighted by Gasteiger charge is -2.34. The first-order valence-corrected chi connectivity index (χ1v) is 8.12. The molecule has 24 heavy (non-hydrogen) atoms. The van der Waals surface area contributed by atoms with Crippen LogP contribution in [0.15, 0.2) is 54.6 Å². The van der Waals surface area contributed by atoms with Crippen molar-refractivity contribution in [3.8, 4) is 11.3 Å². The molecular weight excluding hydrogens is 320 g/mol. The summed E-state index contributed by atoms with van der Waals surface area (Å²) in [5, 5.41) is 4.52. The number of anilines is 1. The summed E-state index contributed by atoms with van der Waals surface area (Å²) in [4.78, 5) is 12.1. The van der Waals surface area contributed by atoms with Crippen LogP contribution in [0.25, 0.3) is 22.2 Å². The summed E-state index contributed by atoms with van der Waals surface area (Å²) >= 11 is 0. The third-order valence-electron chi connectivity index (χ3n) is 4.40. The highest BCUT2D eigenvalue weighted by Gasteiger charge is 2.22. The Balaban J connectivity index is 0.00000169. The van der Waals surface area contributed by atoms with Crippen LogP contribution in [0.3, 0.4) is 0 Å². The Bertz CT molecular complexity index is 822. The van der Waals surface area contributed by atoms with E-state index in [2.05, 4.69) is 53.5 Å². The summed E-state index contributed by atoms with van der Waals surface area (Å²) in [5.74, 6) is 0.830. The number of hydrogen-bond donors (Lipinski definition) is 1. The molecular formula is C19H21ClN4. The van der Waals surface area contributed by atoms with Crippen LogP contribution < -0.4 is 10.2 Å². The summed E-state index contributed by atoms with van der Waals surface area (Å²) in [6.07, 6.45) is 0.